The second-order valence-electron chi connectivity index (χ2n) is 12.0. The molecule has 6 nitrogen and oxygen atoms in total. The third-order valence-electron chi connectivity index (χ3n) is 8.88. The molecular weight excluding hydrogens is 532 g/mol. The maximum atomic E-state index is 12.0. The highest BCUT2D eigenvalue weighted by atomic mass is 16.1. The number of hydrogen-bond acceptors (Lipinski definition) is 4. The molecule has 0 spiro atoms. The highest BCUT2D eigenvalue weighted by Gasteiger charge is 2.21. The first-order valence-electron chi connectivity index (χ1n) is 15.3. The number of hydrogen-bond donors (Lipinski definition) is 2. The summed E-state index contributed by atoms with van der Waals surface area (Å²) in [6, 6.07) is 8.49. The van der Waals surface area contributed by atoms with E-state index in [4.69, 9.17) is 9.97 Å². The fraction of sp³-hybridized carbons (Fsp3) is 0.351. The molecule has 0 unspecified atom stereocenters. The van der Waals surface area contributed by atoms with Crippen molar-refractivity contribution in [2.24, 2.45) is 0 Å². The Morgan fingerprint density at radius 2 is 1.23 bits per heavy atom. The van der Waals surface area contributed by atoms with Gasteiger partial charge in [0.25, 0.3) is 0 Å². The summed E-state index contributed by atoms with van der Waals surface area (Å²) < 4.78 is 0. The summed E-state index contributed by atoms with van der Waals surface area (Å²) in [6.07, 6.45) is 6.04. The van der Waals surface area contributed by atoms with E-state index in [2.05, 4.69) is 75.4 Å². The third-order valence-corrected chi connectivity index (χ3v) is 8.88. The first kappa shape index (κ1) is 30.1. The summed E-state index contributed by atoms with van der Waals surface area (Å²) in [5.74, 6) is 0.312. The lowest BCUT2D eigenvalue weighted by atomic mass is 9.98. The summed E-state index contributed by atoms with van der Waals surface area (Å²) >= 11 is 0. The lowest BCUT2D eigenvalue weighted by Gasteiger charge is -2.04. The monoisotopic (exact) mass is 574 g/mol. The average Bonchev–Trinajstić information content (AvgIpc) is 3.61. The van der Waals surface area contributed by atoms with Crippen LogP contribution in [0.4, 0.5) is 0 Å². The number of allylic oxidation sites excluding steroid dienone is 4. The lowest BCUT2D eigenvalue weighted by molar-refractivity contribution is -0.117. The van der Waals surface area contributed by atoms with Gasteiger partial charge in [-0.1, -0.05) is 26.0 Å². The van der Waals surface area contributed by atoms with Crippen molar-refractivity contribution in [3.63, 3.8) is 0 Å². The number of aromatic amines is 2. The van der Waals surface area contributed by atoms with Crippen LogP contribution in [0.15, 0.2) is 30.8 Å². The Morgan fingerprint density at radius 1 is 0.698 bits per heavy atom. The van der Waals surface area contributed by atoms with Crippen LogP contribution in [0.25, 0.3) is 50.4 Å². The molecule has 2 N–H and O–H groups in total. The largest absolute Gasteiger partial charge is 0.355 e. The fourth-order valence-electron chi connectivity index (χ4n) is 6.25. The Morgan fingerprint density at radius 3 is 1.81 bits per heavy atom. The number of H-pyrrole nitrogens is 2. The molecule has 2 aliphatic rings. The Labute approximate surface area is 254 Å². The minimum Gasteiger partial charge on any atom is -0.355 e. The zero-order valence-corrected chi connectivity index (χ0v) is 26.5. The number of carbonyl (C=O) groups excluding carboxylic acids is 2. The maximum absolute atomic E-state index is 12.0. The van der Waals surface area contributed by atoms with Crippen LogP contribution in [0.1, 0.15) is 112 Å². The molecule has 6 heteroatoms. The minimum atomic E-state index is 0.154. The highest BCUT2D eigenvalue weighted by molar-refractivity contribution is 5.96. The van der Waals surface area contributed by atoms with Crippen molar-refractivity contribution in [3.8, 4) is 0 Å². The van der Waals surface area contributed by atoms with Crippen LogP contribution in [0, 0.1) is 13.8 Å². The van der Waals surface area contributed by atoms with Crippen molar-refractivity contribution in [1.82, 2.24) is 19.9 Å². The number of carbonyl (C=O) groups is 2. The predicted octanol–water partition coefficient (Wildman–Crippen LogP) is 9.13. The standard InChI is InChI=1S/C37H42N4O2/c1-9-11-27-23(6)30-16-31-24(7)28(14-12-20(3)42)36(40-31)19-37-29(15-13-21(4)43)25(8)33(41-37)17-34-26(10-2)22(5)32(38-34)18-35(27)39-30/h10,16-19,38,41H,2,9,11-15H2,1,3-8H3. The van der Waals surface area contributed by atoms with Gasteiger partial charge in [0, 0.05) is 40.5 Å². The number of aromatic nitrogens is 4. The topological polar surface area (TPSA) is 91.5 Å². The molecule has 0 aliphatic carbocycles. The van der Waals surface area contributed by atoms with Crippen molar-refractivity contribution in [1.29, 1.82) is 0 Å². The maximum Gasteiger partial charge on any atom is 0.130 e. The molecule has 0 fully saturated rings. The van der Waals surface area contributed by atoms with E-state index in [1.807, 2.05) is 6.08 Å². The molecule has 0 aromatic carbocycles. The van der Waals surface area contributed by atoms with E-state index in [-0.39, 0.29) is 11.6 Å². The smallest absolute Gasteiger partial charge is 0.130 e. The van der Waals surface area contributed by atoms with Gasteiger partial charge in [0.2, 0.25) is 0 Å². The zero-order valence-electron chi connectivity index (χ0n) is 26.5. The van der Waals surface area contributed by atoms with Gasteiger partial charge in [-0.15, -0.1) is 0 Å². The molecule has 5 heterocycles. The Bertz CT molecular complexity index is 1890. The number of Topliss-reactive ketones (excluding diaryl/α,β-unsaturated/α-hetero) is 2. The van der Waals surface area contributed by atoms with Crippen LogP contribution in [-0.4, -0.2) is 31.5 Å². The number of ketones is 2. The molecule has 0 atom stereocenters. The minimum absolute atomic E-state index is 0.154. The molecule has 0 radical (unpaired) electrons. The predicted molar refractivity (Wildman–Crippen MR) is 179 cm³/mol. The zero-order chi connectivity index (χ0) is 31.0. The van der Waals surface area contributed by atoms with Crippen molar-refractivity contribution in [2.75, 3.05) is 0 Å². The van der Waals surface area contributed by atoms with E-state index in [0.717, 1.165) is 91.1 Å². The Kier molecular flexibility index (Phi) is 8.50. The molecular formula is C37H42N4O2. The van der Waals surface area contributed by atoms with Crippen LogP contribution >= 0.6 is 0 Å². The summed E-state index contributed by atoms with van der Waals surface area (Å²) in [5.41, 5.74) is 16.5. The summed E-state index contributed by atoms with van der Waals surface area (Å²) in [4.78, 5) is 41.6. The summed E-state index contributed by atoms with van der Waals surface area (Å²) in [7, 11) is 0. The molecule has 3 aromatic rings. The van der Waals surface area contributed by atoms with E-state index >= 15 is 0 Å². The second-order valence-corrected chi connectivity index (χ2v) is 12.0. The number of nitrogens with zero attached hydrogens (tertiary/aromatic N) is 2. The van der Waals surface area contributed by atoms with Gasteiger partial charge in [-0.3, -0.25) is 0 Å². The van der Waals surface area contributed by atoms with Crippen molar-refractivity contribution >= 4 is 62.0 Å². The molecule has 0 amide bonds. The second kappa shape index (κ2) is 12.1. The van der Waals surface area contributed by atoms with E-state index in [9.17, 15) is 9.59 Å². The average molecular weight is 575 g/mol. The Balaban J connectivity index is 1.93. The molecule has 5 rings (SSSR count). The number of aryl methyl sites for hydroxylation is 3. The van der Waals surface area contributed by atoms with Crippen LogP contribution in [-0.2, 0) is 16.0 Å². The molecule has 0 saturated heterocycles. The van der Waals surface area contributed by atoms with Crippen molar-refractivity contribution in [3.05, 3.63) is 75.9 Å². The summed E-state index contributed by atoms with van der Waals surface area (Å²) in [6.45, 7) is 18.1. The molecule has 3 aromatic heterocycles. The highest BCUT2D eigenvalue weighted by Crippen LogP contribution is 2.38. The van der Waals surface area contributed by atoms with Crippen molar-refractivity contribution < 1.29 is 9.59 Å². The van der Waals surface area contributed by atoms with Gasteiger partial charge in [0.15, 0.2) is 0 Å². The van der Waals surface area contributed by atoms with Crippen LogP contribution in [0.5, 0.6) is 0 Å². The van der Waals surface area contributed by atoms with Gasteiger partial charge < -0.3 is 19.6 Å². The van der Waals surface area contributed by atoms with Crippen LogP contribution in [0.3, 0.4) is 0 Å². The lowest BCUT2D eigenvalue weighted by Crippen LogP contribution is -1.95. The Hall–Kier alpha value is -4.32. The van der Waals surface area contributed by atoms with Gasteiger partial charge in [-0.2, -0.15) is 0 Å². The molecule has 43 heavy (non-hydrogen) atoms. The van der Waals surface area contributed by atoms with Crippen LogP contribution in [0.2, 0.25) is 0 Å². The van der Waals surface area contributed by atoms with E-state index in [1.54, 1.807) is 13.8 Å². The molecule has 0 saturated carbocycles. The van der Waals surface area contributed by atoms with Gasteiger partial charge in [-0.05, 0) is 124 Å². The van der Waals surface area contributed by atoms with Gasteiger partial charge in [0.05, 0.1) is 22.8 Å². The van der Waals surface area contributed by atoms with Gasteiger partial charge in [0.1, 0.15) is 11.6 Å². The normalized spacial score (nSPS) is 13.2. The van der Waals surface area contributed by atoms with Crippen LogP contribution < -0.4 is 0 Å². The third kappa shape index (κ3) is 5.83. The van der Waals surface area contributed by atoms with Gasteiger partial charge >= 0.3 is 0 Å². The van der Waals surface area contributed by atoms with E-state index in [1.165, 1.54) is 11.1 Å². The van der Waals surface area contributed by atoms with E-state index in [0.29, 0.717) is 25.7 Å². The van der Waals surface area contributed by atoms with Crippen molar-refractivity contribution in [2.45, 2.75) is 87.0 Å². The fourth-order valence-corrected chi connectivity index (χ4v) is 6.25. The quantitative estimate of drug-likeness (QED) is 0.267. The SMILES string of the molecule is C=Cc1c(C)c2cc3nc(cc4nc(cc5[nH]c(cc1[nH]2)c(C)c5CCC(C)=O)C(CCC(C)=O)=C4C)C(C)=C3CCC. The molecule has 222 valence electrons. The van der Waals surface area contributed by atoms with E-state index < -0.39 is 0 Å². The van der Waals surface area contributed by atoms with Gasteiger partial charge in [-0.25, -0.2) is 9.97 Å². The molecule has 8 bridgehead atoms. The first-order valence-corrected chi connectivity index (χ1v) is 15.3. The number of rotatable bonds is 9. The number of nitrogens with one attached hydrogen (secondary N) is 2. The first-order chi connectivity index (χ1) is 20.5. The molecule has 2 aliphatic heterocycles. The number of fused-ring (bicyclic) bond motifs is 8. The summed E-state index contributed by atoms with van der Waals surface area (Å²) in [5, 5.41) is 0.